The van der Waals surface area contributed by atoms with Crippen LogP contribution in [0.1, 0.15) is 0 Å². The SMILES string of the molecule is c1cnc(-c2ccc3sc(-c4cnnnc4-c4nc5ccccc5o4)nc3c2)nc1. The molecule has 0 unspecified atom stereocenters. The molecule has 6 rings (SSSR count). The summed E-state index contributed by atoms with van der Waals surface area (Å²) in [4.78, 5) is 18.0. The number of nitrogens with zero attached hydrogens (tertiary/aromatic N) is 7. The van der Waals surface area contributed by atoms with E-state index < -0.39 is 0 Å². The van der Waals surface area contributed by atoms with Crippen molar-refractivity contribution in [3.05, 3.63) is 67.1 Å². The summed E-state index contributed by atoms with van der Waals surface area (Å²) in [5.74, 6) is 1.05. The molecule has 0 atom stereocenters. The summed E-state index contributed by atoms with van der Waals surface area (Å²) in [5, 5.41) is 12.7. The lowest BCUT2D eigenvalue weighted by Crippen LogP contribution is -1.94. The van der Waals surface area contributed by atoms with Gasteiger partial charge in [-0.15, -0.1) is 21.5 Å². The van der Waals surface area contributed by atoms with E-state index in [0.717, 1.165) is 31.9 Å². The fourth-order valence-electron chi connectivity index (χ4n) is 3.19. The molecule has 0 amide bonds. The Balaban J connectivity index is 1.48. The third-order valence-electron chi connectivity index (χ3n) is 4.58. The maximum atomic E-state index is 5.89. The third-order valence-corrected chi connectivity index (χ3v) is 5.65. The minimum atomic E-state index is 0.388. The molecule has 0 aliphatic heterocycles. The molecule has 0 N–H and O–H groups in total. The van der Waals surface area contributed by atoms with Crippen LogP contribution in [0, 0.1) is 0 Å². The van der Waals surface area contributed by atoms with Crippen molar-refractivity contribution < 1.29 is 4.42 Å². The molecule has 0 spiro atoms. The highest BCUT2D eigenvalue weighted by Gasteiger charge is 2.19. The van der Waals surface area contributed by atoms with Gasteiger partial charge in [-0.3, -0.25) is 0 Å². The van der Waals surface area contributed by atoms with E-state index in [0.29, 0.717) is 23.0 Å². The predicted octanol–water partition coefficient (Wildman–Crippen LogP) is 4.41. The van der Waals surface area contributed by atoms with E-state index in [9.17, 15) is 0 Å². The van der Waals surface area contributed by atoms with Crippen LogP contribution in [0.4, 0.5) is 0 Å². The fourth-order valence-corrected chi connectivity index (χ4v) is 4.14. The van der Waals surface area contributed by atoms with E-state index in [2.05, 4.69) is 30.4 Å². The average Bonchev–Trinajstić information content (AvgIpc) is 3.43. The van der Waals surface area contributed by atoms with Gasteiger partial charge in [-0.1, -0.05) is 12.1 Å². The zero-order valence-electron chi connectivity index (χ0n) is 15.3. The molecule has 142 valence electrons. The van der Waals surface area contributed by atoms with Gasteiger partial charge in [0.05, 0.1) is 22.0 Å². The molecular formula is C21H11N7OS. The zero-order valence-corrected chi connectivity index (χ0v) is 16.1. The molecule has 0 radical (unpaired) electrons. The van der Waals surface area contributed by atoms with Crippen molar-refractivity contribution in [2.75, 3.05) is 0 Å². The molecule has 6 aromatic rings. The number of oxazole rings is 1. The van der Waals surface area contributed by atoms with Gasteiger partial charge in [-0.25, -0.2) is 19.9 Å². The highest BCUT2D eigenvalue weighted by molar-refractivity contribution is 7.21. The molecule has 0 aliphatic rings. The van der Waals surface area contributed by atoms with Crippen LogP contribution in [0.25, 0.3) is 54.9 Å². The van der Waals surface area contributed by atoms with Gasteiger partial charge in [0.2, 0.25) is 5.89 Å². The standard InChI is InChI=1S/C21H11N7OS/c1-2-5-16-14(4-1)25-20(29-16)18-13(11-24-28-27-18)21-26-15-10-12(6-7-17(15)30-21)19-22-8-3-9-23-19/h1-11H. The van der Waals surface area contributed by atoms with Gasteiger partial charge in [-0.05, 0) is 41.6 Å². The van der Waals surface area contributed by atoms with E-state index in [-0.39, 0.29) is 0 Å². The van der Waals surface area contributed by atoms with E-state index in [4.69, 9.17) is 9.40 Å². The summed E-state index contributed by atoms with van der Waals surface area (Å²) in [6.45, 7) is 0. The van der Waals surface area contributed by atoms with E-state index in [1.807, 2.05) is 42.5 Å². The summed E-state index contributed by atoms with van der Waals surface area (Å²) < 4.78 is 6.92. The van der Waals surface area contributed by atoms with Crippen LogP contribution in [0.3, 0.4) is 0 Å². The molecule has 30 heavy (non-hydrogen) atoms. The van der Waals surface area contributed by atoms with Gasteiger partial charge in [0.15, 0.2) is 17.1 Å². The zero-order chi connectivity index (χ0) is 19.9. The largest absolute Gasteiger partial charge is 0.435 e. The fraction of sp³-hybridized carbons (Fsp3) is 0. The van der Waals surface area contributed by atoms with Crippen molar-refractivity contribution in [3.8, 4) is 33.5 Å². The Morgan fingerprint density at radius 2 is 1.77 bits per heavy atom. The number of aromatic nitrogens is 7. The van der Waals surface area contributed by atoms with Crippen LogP contribution >= 0.6 is 11.3 Å². The lowest BCUT2D eigenvalue weighted by atomic mass is 10.2. The molecule has 9 heteroatoms. The van der Waals surface area contributed by atoms with Crippen LogP contribution in [0.2, 0.25) is 0 Å². The van der Waals surface area contributed by atoms with Crippen molar-refractivity contribution in [1.29, 1.82) is 0 Å². The Morgan fingerprint density at radius 1 is 0.867 bits per heavy atom. The minimum Gasteiger partial charge on any atom is -0.435 e. The number of fused-ring (bicyclic) bond motifs is 2. The van der Waals surface area contributed by atoms with Gasteiger partial charge in [0, 0.05) is 18.0 Å². The average molecular weight is 409 g/mol. The molecule has 0 saturated heterocycles. The Kier molecular flexibility index (Phi) is 3.78. The number of hydrogen-bond donors (Lipinski definition) is 0. The maximum Gasteiger partial charge on any atom is 0.249 e. The molecular weight excluding hydrogens is 398 g/mol. The Hall–Kier alpha value is -4.11. The summed E-state index contributed by atoms with van der Waals surface area (Å²) in [5.41, 5.74) is 4.43. The van der Waals surface area contributed by atoms with Crippen LogP contribution in [0.5, 0.6) is 0 Å². The van der Waals surface area contributed by atoms with Crippen molar-refractivity contribution in [1.82, 2.24) is 35.3 Å². The summed E-state index contributed by atoms with van der Waals surface area (Å²) in [6.07, 6.45) is 5.08. The summed E-state index contributed by atoms with van der Waals surface area (Å²) >= 11 is 1.54. The van der Waals surface area contributed by atoms with E-state index in [1.54, 1.807) is 36.0 Å². The molecule has 0 aliphatic carbocycles. The lowest BCUT2D eigenvalue weighted by Gasteiger charge is -1.99. The number of para-hydroxylation sites is 2. The Labute approximate surface area is 173 Å². The second kappa shape index (κ2) is 6.75. The molecule has 0 bridgehead atoms. The van der Waals surface area contributed by atoms with E-state index in [1.165, 1.54) is 0 Å². The molecule has 4 aromatic heterocycles. The first-order valence-electron chi connectivity index (χ1n) is 9.08. The first-order valence-corrected chi connectivity index (χ1v) is 9.89. The quantitative estimate of drug-likeness (QED) is 0.423. The van der Waals surface area contributed by atoms with Crippen molar-refractivity contribution in [2.45, 2.75) is 0 Å². The summed E-state index contributed by atoms with van der Waals surface area (Å²) in [7, 11) is 0. The Bertz CT molecular complexity index is 1480. The van der Waals surface area contributed by atoms with Gasteiger partial charge in [0.25, 0.3) is 0 Å². The molecule has 4 heterocycles. The smallest absolute Gasteiger partial charge is 0.249 e. The predicted molar refractivity (Wildman–Crippen MR) is 112 cm³/mol. The monoisotopic (exact) mass is 409 g/mol. The highest BCUT2D eigenvalue weighted by atomic mass is 32.1. The van der Waals surface area contributed by atoms with Gasteiger partial charge >= 0.3 is 0 Å². The number of benzene rings is 2. The van der Waals surface area contributed by atoms with Crippen LogP contribution < -0.4 is 0 Å². The van der Waals surface area contributed by atoms with Gasteiger partial charge < -0.3 is 4.42 Å². The number of rotatable bonds is 3. The highest BCUT2D eigenvalue weighted by Crippen LogP contribution is 2.36. The number of thiazole rings is 1. The molecule has 0 fully saturated rings. The minimum absolute atomic E-state index is 0.388. The van der Waals surface area contributed by atoms with Crippen LogP contribution in [0.15, 0.2) is 71.5 Å². The third kappa shape index (κ3) is 2.80. The first kappa shape index (κ1) is 16.8. The lowest BCUT2D eigenvalue weighted by molar-refractivity contribution is 0.613. The first-order chi connectivity index (χ1) is 14.8. The van der Waals surface area contributed by atoms with Crippen LogP contribution in [-0.4, -0.2) is 35.3 Å². The second-order valence-corrected chi connectivity index (χ2v) is 7.49. The topological polar surface area (TPSA) is 103 Å². The van der Waals surface area contributed by atoms with Crippen LogP contribution in [-0.2, 0) is 0 Å². The van der Waals surface area contributed by atoms with Crippen molar-refractivity contribution >= 4 is 32.7 Å². The van der Waals surface area contributed by atoms with Crippen molar-refractivity contribution in [2.24, 2.45) is 0 Å². The normalized spacial score (nSPS) is 11.3. The molecule has 0 saturated carbocycles. The number of hydrogen-bond acceptors (Lipinski definition) is 9. The van der Waals surface area contributed by atoms with Gasteiger partial charge in [0.1, 0.15) is 10.5 Å². The maximum absolute atomic E-state index is 5.89. The van der Waals surface area contributed by atoms with E-state index >= 15 is 0 Å². The Morgan fingerprint density at radius 3 is 2.67 bits per heavy atom. The second-order valence-electron chi connectivity index (χ2n) is 6.46. The van der Waals surface area contributed by atoms with Gasteiger partial charge in [-0.2, -0.15) is 0 Å². The van der Waals surface area contributed by atoms with Crippen molar-refractivity contribution in [3.63, 3.8) is 0 Å². The molecule has 2 aromatic carbocycles. The molecule has 8 nitrogen and oxygen atoms in total. The summed E-state index contributed by atoms with van der Waals surface area (Å²) in [6, 6.07) is 15.3.